The Morgan fingerprint density at radius 2 is 2.07 bits per heavy atom. The third kappa shape index (κ3) is 3.22. The number of anilines is 2. The molecule has 1 saturated heterocycles. The number of hydrogen-bond donors (Lipinski definition) is 1. The van der Waals surface area contributed by atoms with E-state index in [0.717, 1.165) is 38.0 Å². The lowest BCUT2D eigenvalue weighted by Crippen LogP contribution is -2.57. The highest BCUT2D eigenvalue weighted by molar-refractivity contribution is 6.31. The van der Waals surface area contributed by atoms with Crippen molar-refractivity contribution in [2.45, 2.75) is 32.4 Å². The Bertz CT molecular complexity index is 949. The molecule has 2 heterocycles. The molecule has 0 aliphatic carbocycles. The van der Waals surface area contributed by atoms with Gasteiger partial charge in [0.2, 0.25) is 0 Å². The zero-order valence-corrected chi connectivity index (χ0v) is 16.3. The zero-order chi connectivity index (χ0) is 19.8. The van der Waals surface area contributed by atoms with Gasteiger partial charge < -0.3 is 15.1 Å². The van der Waals surface area contributed by atoms with Gasteiger partial charge in [-0.3, -0.25) is 9.59 Å². The van der Waals surface area contributed by atoms with Crippen LogP contribution in [-0.2, 0) is 0 Å². The standard InChI is InChI=1S/C21H21ClFN3O2/c1-2-25-18-11-13(20(27)24-14-7-9-17(23)16(22)12-14)6-8-15(18)21(28)26-10-4-3-5-19(25)26/h6-9,11-12,19H,2-5,10H2,1H3,(H,24,27)/t19-/m1/s1. The maximum atomic E-state index is 13.3. The molecule has 1 atom stereocenters. The molecule has 0 unspecified atom stereocenters. The summed E-state index contributed by atoms with van der Waals surface area (Å²) < 4.78 is 13.3. The summed E-state index contributed by atoms with van der Waals surface area (Å²) in [5.41, 5.74) is 2.27. The highest BCUT2D eigenvalue weighted by Gasteiger charge is 2.38. The van der Waals surface area contributed by atoms with Crippen LogP contribution in [0.5, 0.6) is 0 Å². The number of benzene rings is 2. The van der Waals surface area contributed by atoms with Crippen molar-refractivity contribution in [2.24, 2.45) is 0 Å². The van der Waals surface area contributed by atoms with Crippen LogP contribution < -0.4 is 10.2 Å². The van der Waals surface area contributed by atoms with Crippen LogP contribution in [0.2, 0.25) is 5.02 Å². The molecule has 0 radical (unpaired) electrons. The Hall–Kier alpha value is -2.60. The topological polar surface area (TPSA) is 52.7 Å². The molecule has 2 aliphatic heterocycles. The maximum Gasteiger partial charge on any atom is 0.257 e. The van der Waals surface area contributed by atoms with Gasteiger partial charge in [0.05, 0.1) is 16.3 Å². The average Bonchev–Trinajstić information content (AvgIpc) is 2.71. The van der Waals surface area contributed by atoms with E-state index in [1.165, 1.54) is 18.2 Å². The number of hydrogen-bond acceptors (Lipinski definition) is 3. The van der Waals surface area contributed by atoms with Gasteiger partial charge in [-0.15, -0.1) is 0 Å². The van der Waals surface area contributed by atoms with E-state index < -0.39 is 5.82 Å². The second kappa shape index (κ2) is 7.43. The second-order valence-electron chi connectivity index (χ2n) is 7.08. The highest BCUT2D eigenvalue weighted by atomic mass is 35.5. The van der Waals surface area contributed by atoms with Crippen LogP contribution in [0.25, 0.3) is 0 Å². The van der Waals surface area contributed by atoms with Crippen molar-refractivity contribution in [3.05, 3.63) is 58.4 Å². The van der Waals surface area contributed by atoms with Gasteiger partial charge in [-0.2, -0.15) is 0 Å². The first-order valence-corrected chi connectivity index (χ1v) is 9.85. The van der Waals surface area contributed by atoms with E-state index in [0.29, 0.717) is 16.8 Å². The van der Waals surface area contributed by atoms with Crippen molar-refractivity contribution in [3.63, 3.8) is 0 Å². The molecule has 5 nitrogen and oxygen atoms in total. The molecule has 1 fully saturated rings. The van der Waals surface area contributed by atoms with E-state index >= 15 is 0 Å². The molecule has 4 rings (SSSR count). The fourth-order valence-corrected chi connectivity index (χ4v) is 4.22. The second-order valence-corrected chi connectivity index (χ2v) is 7.48. The predicted molar refractivity (Wildman–Crippen MR) is 108 cm³/mol. The van der Waals surface area contributed by atoms with E-state index in [4.69, 9.17) is 11.6 Å². The lowest BCUT2D eigenvalue weighted by molar-refractivity contribution is 0.0582. The summed E-state index contributed by atoms with van der Waals surface area (Å²) in [6.45, 7) is 3.58. The Morgan fingerprint density at radius 1 is 1.25 bits per heavy atom. The van der Waals surface area contributed by atoms with Crippen LogP contribution in [-0.4, -0.2) is 36.0 Å². The summed E-state index contributed by atoms with van der Waals surface area (Å²) in [6.07, 6.45) is 3.10. The van der Waals surface area contributed by atoms with Crippen LogP contribution in [0.4, 0.5) is 15.8 Å². The number of nitrogens with one attached hydrogen (secondary N) is 1. The maximum absolute atomic E-state index is 13.3. The van der Waals surface area contributed by atoms with Crippen molar-refractivity contribution in [2.75, 3.05) is 23.3 Å². The van der Waals surface area contributed by atoms with Gasteiger partial charge in [0.1, 0.15) is 12.0 Å². The average molecular weight is 402 g/mol. The molecule has 0 spiro atoms. The summed E-state index contributed by atoms with van der Waals surface area (Å²) in [4.78, 5) is 29.7. The molecule has 7 heteroatoms. The number of fused-ring (bicyclic) bond motifs is 2. The van der Waals surface area contributed by atoms with E-state index in [1.807, 2.05) is 4.90 Å². The predicted octanol–water partition coefficient (Wildman–Crippen LogP) is 4.52. The fourth-order valence-electron chi connectivity index (χ4n) is 4.04. The third-order valence-electron chi connectivity index (χ3n) is 5.41. The minimum Gasteiger partial charge on any atom is -0.351 e. The van der Waals surface area contributed by atoms with Crippen molar-refractivity contribution >= 4 is 34.8 Å². The summed E-state index contributed by atoms with van der Waals surface area (Å²) in [5.74, 6) is -0.843. The normalized spacial score (nSPS) is 18.5. The SMILES string of the molecule is CCN1c2cc(C(=O)Nc3ccc(F)c(Cl)c3)ccc2C(=O)N2CCCC[C@@H]21. The number of piperidine rings is 1. The zero-order valence-electron chi connectivity index (χ0n) is 15.5. The van der Waals surface area contributed by atoms with Gasteiger partial charge in [-0.25, -0.2) is 4.39 Å². The molecule has 2 amide bonds. The van der Waals surface area contributed by atoms with E-state index in [2.05, 4.69) is 17.1 Å². The van der Waals surface area contributed by atoms with Gasteiger partial charge in [0, 0.05) is 24.3 Å². The number of rotatable bonds is 3. The fraction of sp³-hybridized carbons (Fsp3) is 0.333. The molecule has 0 saturated carbocycles. The molecule has 28 heavy (non-hydrogen) atoms. The van der Waals surface area contributed by atoms with Crippen LogP contribution in [0.3, 0.4) is 0 Å². The smallest absolute Gasteiger partial charge is 0.257 e. The molecule has 2 aromatic carbocycles. The van der Waals surface area contributed by atoms with E-state index in [9.17, 15) is 14.0 Å². The van der Waals surface area contributed by atoms with Crippen LogP contribution in [0, 0.1) is 5.82 Å². The van der Waals surface area contributed by atoms with Gasteiger partial charge in [0.25, 0.3) is 11.8 Å². The molecule has 2 aliphatic rings. The van der Waals surface area contributed by atoms with Gasteiger partial charge in [-0.05, 0) is 62.6 Å². The van der Waals surface area contributed by atoms with E-state index in [1.54, 1.807) is 18.2 Å². The minimum absolute atomic E-state index is 0.0293. The lowest BCUT2D eigenvalue weighted by Gasteiger charge is -2.47. The van der Waals surface area contributed by atoms with Crippen molar-refractivity contribution in [1.82, 2.24) is 4.90 Å². The van der Waals surface area contributed by atoms with Gasteiger partial charge in [-0.1, -0.05) is 11.6 Å². The molecule has 0 aromatic heterocycles. The quantitative estimate of drug-likeness (QED) is 0.822. The highest BCUT2D eigenvalue weighted by Crippen LogP contribution is 2.35. The number of amides is 2. The van der Waals surface area contributed by atoms with Crippen molar-refractivity contribution < 1.29 is 14.0 Å². The van der Waals surface area contributed by atoms with Crippen LogP contribution in [0.15, 0.2) is 36.4 Å². The summed E-state index contributed by atoms with van der Waals surface area (Å²) in [7, 11) is 0. The molecule has 0 bridgehead atoms. The first-order valence-electron chi connectivity index (χ1n) is 9.47. The molecule has 146 valence electrons. The van der Waals surface area contributed by atoms with E-state index in [-0.39, 0.29) is 23.0 Å². The Morgan fingerprint density at radius 3 is 2.82 bits per heavy atom. The first kappa shape index (κ1) is 18.7. The lowest BCUT2D eigenvalue weighted by atomic mass is 9.97. The molecule has 1 N–H and O–H groups in total. The molecular weight excluding hydrogens is 381 g/mol. The Kier molecular flexibility index (Phi) is 4.98. The van der Waals surface area contributed by atoms with Crippen molar-refractivity contribution in [1.29, 1.82) is 0 Å². The number of carbonyl (C=O) groups excluding carboxylic acids is 2. The summed E-state index contributed by atoms with van der Waals surface area (Å²) >= 11 is 5.78. The van der Waals surface area contributed by atoms with Crippen LogP contribution >= 0.6 is 11.6 Å². The largest absolute Gasteiger partial charge is 0.351 e. The number of carbonyl (C=O) groups is 2. The molecule has 2 aromatic rings. The third-order valence-corrected chi connectivity index (χ3v) is 5.70. The van der Waals surface area contributed by atoms with Crippen molar-refractivity contribution in [3.8, 4) is 0 Å². The Labute approximate surface area is 168 Å². The Balaban J connectivity index is 1.65. The first-order chi connectivity index (χ1) is 13.5. The summed E-state index contributed by atoms with van der Waals surface area (Å²) in [5, 5.41) is 2.68. The minimum atomic E-state index is -0.539. The monoisotopic (exact) mass is 401 g/mol. The van der Waals surface area contributed by atoms with Gasteiger partial charge >= 0.3 is 0 Å². The van der Waals surface area contributed by atoms with Gasteiger partial charge in [0.15, 0.2) is 0 Å². The number of halogens is 2. The number of nitrogens with zero attached hydrogens (tertiary/aromatic N) is 2. The summed E-state index contributed by atoms with van der Waals surface area (Å²) in [6, 6.07) is 9.17. The molecular formula is C21H21ClFN3O2. The van der Waals surface area contributed by atoms with Crippen LogP contribution in [0.1, 0.15) is 46.9 Å².